The zero-order valence-corrected chi connectivity index (χ0v) is 6.44. The summed E-state index contributed by atoms with van der Waals surface area (Å²) >= 11 is 1.19. The van der Waals surface area contributed by atoms with Crippen LogP contribution in [0.3, 0.4) is 0 Å². The number of aliphatic hydroxyl groups is 1. The fourth-order valence-electron chi connectivity index (χ4n) is 0.662. The predicted molar refractivity (Wildman–Crippen MR) is 40.0 cm³/mol. The molecular weight excluding hydrogens is 165 g/mol. The predicted octanol–water partition coefficient (Wildman–Crippen LogP) is 1.62. The molecule has 1 aromatic rings. The highest BCUT2D eigenvalue weighted by Crippen LogP contribution is 2.21. The highest BCUT2D eigenvalue weighted by atomic mass is 32.1. The van der Waals surface area contributed by atoms with Gasteiger partial charge in [0.15, 0.2) is 0 Å². The van der Waals surface area contributed by atoms with Crippen molar-refractivity contribution in [1.29, 1.82) is 5.26 Å². The SMILES string of the molecule is N#Cc1csc(C(O)CF)c1. The minimum atomic E-state index is -1.07. The first kappa shape index (κ1) is 8.18. The molecule has 1 aromatic heterocycles. The van der Waals surface area contributed by atoms with Crippen LogP contribution in [-0.2, 0) is 0 Å². The third-order valence-corrected chi connectivity index (χ3v) is 2.26. The topological polar surface area (TPSA) is 44.0 Å². The summed E-state index contributed by atoms with van der Waals surface area (Å²) < 4.78 is 11.9. The van der Waals surface area contributed by atoms with Gasteiger partial charge in [0.2, 0.25) is 0 Å². The molecule has 1 N–H and O–H groups in total. The molecule has 0 aliphatic heterocycles. The second kappa shape index (κ2) is 3.46. The van der Waals surface area contributed by atoms with Crippen LogP contribution in [0.2, 0.25) is 0 Å². The van der Waals surface area contributed by atoms with Crippen molar-refractivity contribution in [2.24, 2.45) is 0 Å². The molecule has 2 nitrogen and oxygen atoms in total. The molecule has 58 valence electrons. The van der Waals surface area contributed by atoms with Gasteiger partial charge >= 0.3 is 0 Å². The van der Waals surface area contributed by atoms with E-state index in [9.17, 15) is 4.39 Å². The van der Waals surface area contributed by atoms with Gasteiger partial charge in [-0.3, -0.25) is 0 Å². The van der Waals surface area contributed by atoms with E-state index in [4.69, 9.17) is 10.4 Å². The molecule has 1 unspecified atom stereocenters. The lowest BCUT2D eigenvalue weighted by atomic mass is 10.3. The van der Waals surface area contributed by atoms with Gasteiger partial charge in [-0.15, -0.1) is 11.3 Å². The Balaban J connectivity index is 2.82. The molecule has 0 aromatic carbocycles. The average Bonchev–Trinajstić information content (AvgIpc) is 2.50. The van der Waals surface area contributed by atoms with E-state index in [0.717, 1.165) is 0 Å². The summed E-state index contributed by atoms with van der Waals surface area (Å²) in [5.41, 5.74) is 0.470. The molecule has 0 saturated carbocycles. The Hall–Kier alpha value is -0.920. The number of hydrogen-bond acceptors (Lipinski definition) is 3. The summed E-state index contributed by atoms with van der Waals surface area (Å²) in [5, 5.41) is 18.9. The fourth-order valence-corrected chi connectivity index (χ4v) is 1.46. The lowest BCUT2D eigenvalue weighted by Gasteiger charge is -1.99. The van der Waals surface area contributed by atoms with Gasteiger partial charge in [0.25, 0.3) is 0 Å². The molecule has 1 rings (SSSR count). The Morgan fingerprint density at radius 3 is 3.00 bits per heavy atom. The van der Waals surface area contributed by atoms with E-state index in [1.807, 2.05) is 6.07 Å². The van der Waals surface area contributed by atoms with Crippen LogP contribution < -0.4 is 0 Å². The van der Waals surface area contributed by atoms with E-state index in [1.165, 1.54) is 17.4 Å². The van der Waals surface area contributed by atoms with Crippen molar-refractivity contribution in [3.63, 3.8) is 0 Å². The quantitative estimate of drug-likeness (QED) is 0.734. The maximum Gasteiger partial charge on any atom is 0.120 e. The van der Waals surface area contributed by atoms with E-state index in [2.05, 4.69) is 0 Å². The standard InChI is InChI=1S/C7H6FNOS/c8-2-6(10)7-1-5(3-9)4-11-7/h1,4,6,10H,2H2. The third-order valence-electron chi connectivity index (χ3n) is 1.22. The van der Waals surface area contributed by atoms with E-state index >= 15 is 0 Å². The van der Waals surface area contributed by atoms with E-state index in [1.54, 1.807) is 5.38 Å². The largest absolute Gasteiger partial charge is 0.385 e. The first-order valence-corrected chi connectivity index (χ1v) is 3.88. The van der Waals surface area contributed by atoms with Gasteiger partial charge in [0, 0.05) is 10.3 Å². The Kier molecular flexibility index (Phi) is 2.58. The molecule has 1 heterocycles. The first-order valence-electron chi connectivity index (χ1n) is 3.00. The summed E-state index contributed by atoms with van der Waals surface area (Å²) in [5.74, 6) is 0. The Labute approximate surface area is 67.5 Å². The van der Waals surface area contributed by atoms with Crippen LogP contribution in [0, 0.1) is 11.3 Å². The minimum absolute atomic E-state index is 0.470. The van der Waals surface area contributed by atoms with Crippen LogP contribution >= 0.6 is 11.3 Å². The molecule has 0 saturated heterocycles. The van der Waals surface area contributed by atoms with Gasteiger partial charge in [-0.1, -0.05) is 0 Å². The van der Waals surface area contributed by atoms with E-state index in [-0.39, 0.29) is 0 Å². The second-order valence-corrected chi connectivity index (χ2v) is 2.96. The molecule has 0 aliphatic rings. The maximum absolute atomic E-state index is 11.9. The van der Waals surface area contributed by atoms with Crippen molar-refractivity contribution in [1.82, 2.24) is 0 Å². The van der Waals surface area contributed by atoms with Crippen LogP contribution in [0.5, 0.6) is 0 Å². The van der Waals surface area contributed by atoms with Crippen LogP contribution in [0.1, 0.15) is 16.5 Å². The third kappa shape index (κ3) is 1.76. The number of aliphatic hydroxyl groups excluding tert-OH is 1. The number of alkyl halides is 1. The Bertz CT molecular complexity index is 278. The smallest absolute Gasteiger partial charge is 0.120 e. The molecule has 0 radical (unpaired) electrons. The van der Waals surface area contributed by atoms with Crippen molar-refractivity contribution in [2.75, 3.05) is 6.67 Å². The molecule has 4 heteroatoms. The molecule has 11 heavy (non-hydrogen) atoms. The number of thiophene rings is 1. The number of nitrogens with zero attached hydrogens (tertiary/aromatic N) is 1. The van der Waals surface area contributed by atoms with Crippen LogP contribution in [0.4, 0.5) is 4.39 Å². The Morgan fingerprint density at radius 1 is 1.82 bits per heavy atom. The van der Waals surface area contributed by atoms with Crippen molar-refractivity contribution in [3.8, 4) is 6.07 Å². The zero-order valence-electron chi connectivity index (χ0n) is 5.62. The zero-order chi connectivity index (χ0) is 8.27. The van der Waals surface area contributed by atoms with Crippen LogP contribution in [-0.4, -0.2) is 11.8 Å². The molecule has 0 aliphatic carbocycles. The first-order chi connectivity index (χ1) is 5.27. The van der Waals surface area contributed by atoms with Crippen molar-refractivity contribution in [2.45, 2.75) is 6.10 Å². The van der Waals surface area contributed by atoms with E-state index in [0.29, 0.717) is 10.4 Å². The monoisotopic (exact) mass is 171 g/mol. The molecule has 0 amide bonds. The molecular formula is C7H6FNOS. The van der Waals surface area contributed by atoms with Crippen molar-refractivity contribution >= 4 is 11.3 Å². The van der Waals surface area contributed by atoms with Crippen LogP contribution in [0.25, 0.3) is 0 Å². The maximum atomic E-state index is 11.9. The highest BCUT2D eigenvalue weighted by molar-refractivity contribution is 7.10. The molecule has 0 fully saturated rings. The molecule has 0 spiro atoms. The van der Waals surface area contributed by atoms with Gasteiger partial charge in [-0.2, -0.15) is 5.26 Å². The van der Waals surface area contributed by atoms with Gasteiger partial charge in [-0.05, 0) is 6.07 Å². The number of hydrogen-bond donors (Lipinski definition) is 1. The van der Waals surface area contributed by atoms with Crippen molar-refractivity contribution in [3.05, 3.63) is 21.9 Å². The second-order valence-electron chi connectivity index (χ2n) is 2.02. The van der Waals surface area contributed by atoms with Gasteiger partial charge in [0.1, 0.15) is 18.8 Å². The summed E-state index contributed by atoms with van der Waals surface area (Å²) in [4.78, 5) is 0.504. The summed E-state index contributed by atoms with van der Waals surface area (Å²) in [6.45, 7) is -0.800. The fraction of sp³-hybridized carbons (Fsp3) is 0.286. The summed E-state index contributed by atoms with van der Waals surface area (Å²) in [6.07, 6.45) is -1.07. The number of rotatable bonds is 2. The van der Waals surface area contributed by atoms with Crippen LogP contribution in [0.15, 0.2) is 11.4 Å². The van der Waals surface area contributed by atoms with E-state index < -0.39 is 12.8 Å². The van der Waals surface area contributed by atoms with Gasteiger partial charge < -0.3 is 5.11 Å². The lowest BCUT2D eigenvalue weighted by molar-refractivity contribution is 0.145. The molecule has 0 bridgehead atoms. The van der Waals surface area contributed by atoms with Gasteiger partial charge in [-0.25, -0.2) is 4.39 Å². The average molecular weight is 171 g/mol. The Morgan fingerprint density at radius 2 is 2.55 bits per heavy atom. The number of nitriles is 1. The van der Waals surface area contributed by atoms with Gasteiger partial charge in [0.05, 0.1) is 5.56 Å². The minimum Gasteiger partial charge on any atom is -0.385 e. The van der Waals surface area contributed by atoms with Crippen molar-refractivity contribution < 1.29 is 9.50 Å². The highest BCUT2D eigenvalue weighted by Gasteiger charge is 2.08. The number of halogens is 1. The normalized spacial score (nSPS) is 12.5. The summed E-state index contributed by atoms with van der Waals surface area (Å²) in [6, 6.07) is 3.40. The summed E-state index contributed by atoms with van der Waals surface area (Å²) in [7, 11) is 0. The lowest BCUT2D eigenvalue weighted by Crippen LogP contribution is -1.94. The molecule has 1 atom stereocenters.